The fourth-order valence-electron chi connectivity index (χ4n) is 2.42. The molecule has 0 saturated heterocycles. The molecule has 2 N–H and O–H groups in total. The summed E-state index contributed by atoms with van der Waals surface area (Å²) in [5.74, 6) is -1.14. The molecule has 0 aliphatic carbocycles. The number of esters is 1. The van der Waals surface area contributed by atoms with Crippen LogP contribution < -0.4 is 15.4 Å². The highest BCUT2D eigenvalue weighted by Crippen LogP contribution is 2.16. The maximum Gasteiger partial charge on any atom is 0.328 e. The Morgan fingerprint density at radius 1 is 1.07 bits per heavy atom. The third-order valence-corrected chi connectivity index (χ3v) is 3.73. The van der Waals surface area contributed by atoms with E-state index in [2.05, 4.69) is 15.6 Å². The molecule has 1 atom stereocenters. The summed E-state index contributed by atoms with van der Waals surface area (Å²) in [5.41, 5.74) is 1.08. The first-order valence-electron chi connectivity index (χ1n) is 8.23. The van der Waals surface area contributed by atoms with E-state index in [1.54, 1.807) is 48.7 Å². The minimum Gasteiger partial charge on any atom is -0.481 e. The number of methoxy groups -OCH3 is 2. The molecule has 0 aliphatic heterocycles. The summed E-state index contributed by atoms with van der Waals surface area (Å²) in [5, 5.41) is 5.07. The fourth-order valence-corrected chi connectivity index (χ4v) is 2.42. The van der Waals surface area contributed by atoms with Gasteiger partial charge in [0.05, 0.1) is 20.8 Å². The summed E-state index contributed by atoms with van der Waals surface area (Å²) in [7, 11) is 2.70. The van der Waals surface area contributed by atoms with E-state index < -0.39 is 17.9 Å². The average molecular weight is 371 g/mol. The molecule has 2 aromatic rings. The number of ether oxygens (including phenoxy) is 2. The van der Waals surface area contributed by atoms with Gasteiger partial charge in [-0.2, -0.15) is 0 Å². The van der Waals surface area contributed by atoms with E-state index in [1.807, 2.05) is 0 Å². The standard InChI is InChI=1S/C19H21N3O5/c1-26-18-14(9-6-10-20-18)11-15(19(25)27-2)22-16(23)12-21-17(24)13-7-4-3-5-8-13/h3-10,15H,11-12H2,1-2H3,(H,21,24)(H,22,23)/t15-/m0/s1. The van der Waals surface area contributed by atoms with Gasteiger partial charge in [-0.15, -0.1) is 0 Å². The van der Waals surface area contributed by atoms with Crippen LogP contribution in [0.2, 0.25) is 0 Å². The molecule has 0 bridgehead atoms. The van der Waals surface area contributed by atoms with Gasteiger partial charge in [-0.1, -0.05) is 24.3 Å². The molecule has 0 aliphatic rings. The van der Waals surface area contributed by atoms with Crippen LogP contribution in [0.3, 0.4) is 0 Å². The first-order chi connectivity index (χ1) is 13.0. The van der Waals surface area contributed by atoms with Crippen molar-refractivity contribution in [1.82, 2.24) is 15.6 Å². The van der Waals surface area contributed by atoms with Crippen molar-refractivity contribution in [3.05, 3.63) is 59.8 Å². The maximum atomic E-state index is 12.2. The first-order valence-corrected chi connectivity index (χ1v) is 8.23. The molecule has 1 heterocycles. The highest BCUT2D eigenvalue weighted by atomic mass is 16.5. The van der Waals surface area contributed by atoms with E-state index in [0.717, 1.165) is 0 Å². The van der Waals surface area contributed by atoms with E-state index in [1.165, 1.54) is 14.2 Å². The molecule has 8 heteroatoms. The molecule has 142 valence electrons. The van der Waals surface area contributed by atoms with Crippen molar-refractivity contribution in [2.75, 3.05) is 20.8 Å². The van der Waals surface area contributed by atoms with E-state index in [0.29, 0.717) is 17.0 Å². The van der Waals surface area contributed by atoms with Crippen molar-refractivity contribution in [3.8, 4) is 5.88 Å². The third kappa shape index (κ3) is 5.81. The van der Waals surface area contributed by atoms with Crippen LogP contribution in [0.15, 0.2) is 48.7 Å². The zero-order valence-corrected chi connectivity index (χ0v) is 15.1. The number of benzene rings is 1. The average Bonchev–Trinajstić information content (AvgIpc) is 2.71. The monoisotopic (exact) mass is 371 g/mol. The number of rotatable bonds is 8. The van der Waals surface area contributed by atoms with Gasteiger partial charge >= 0.3 is 5.97 Å². The Labute approximate surface area is 156 Å². The summed E-state index contributed by atoms with van der Waals surface area (Å²) in [4.78, 5) is 40.3. The highest BCUT2D eigenvalue weighted by molar-refractivity contribution is 5.96. The second kappa shape index (κ2) is 9.91. The summed E-state index contributed by atoms with van der Waals surface area (Å²) >= 11 is 0. The molecular weight excluding hydrogens is 350 g/mol. The molecule has 0 radical (unpaired) electrons. The highest BCUT2D eigenvalue weighted by Gasteiger charge is 2.24. The SMILES string of the molecule is COC(=O)[C@H](Cc1cccnc1OC)NC(=O)CNC(=O)c1ccccc1. The van der Waals surface area contributed by atoms with Crippen molar-refractivity contribution in [3.63, 3.8) is 0 Å². The number of hydrogen-bond donors (Lipinski definition) is 2. The van der Waals surface area contributed by atoms with Gasteiger partial charge in [-0.3, -0.25) is 9.59 Å². The van der Waals surface area contributed by atoms with Crippen LogP contribution in [-0.4, -0.2) is 49.6 Å². The summed E-state index contributed by atoms with van der Waals surface area (Å²) < 4.78 is 9.91. The van der Waals surface area contributed by atoms with Crippen LogP contribution >= 0.6 is 0 Å². The van der Waals surface area contributed by atoms with Crippen LogP contribution in [0.1, 0.15) is 15.9 Å². The molecule has 0 fully saturated rings. The van der Waals surface area contributed by atoms with E-state index >= 15 is 0 Å². The molecule has 2 amide bonds. The van der Waals surface area contributed by atoms with Gasteiger partial charge in [0.25, 0.3) is 5.91 Å². The lowest BCUT2D eigenvalue weighted by Crippen LogP contribution is -2.47. The predicted molar refractivity (Wildman–Crippen MR) is 97.2 cm³/mol. The van der Waals surface area contributed by atoms with Gasteiger partial charge in [0, 0.05) is 23.7 Å². The van der Waals surface area contributed by atoms with Crippen LogP contribution in [0.5, 0.6) is 5.88 Å². The van der Waals surface area contributed by atoms with Gasteiger partial charge < -0.3 is 20.1 Å². The number of nitrogens with one attached hydrogen (secondary N) is 2. The zero-order valence-electron chi connectivity index (χ0n) is 15.1. The first kappa shape index (κ1) is 19.9. The summed E-state index contributed by atoms with van der Waals surface area (Å²) in [6.45, 7) is -0.272. The predicted octanol–water partition coefficient (Wildman–Crippen LogP) is 0.721. The largest absolute Gasteiger partial charge is 0.481 e. The van der Waals surface area contributed by atoms with Crippen molar-refractivity contribution in [2.45, 2.75) is 12.5 Å². The minimum absolute atomic E-state index is 0.141. The van der Waals surface area contributed by atoms with Crippen molar-refractivity contribution < 1.29 is 23.9 Å². The lowest BCUT2D eigenvalue weighted by Gasteiger charge is -2.17. The molecular formula is C19H21N3O5. The Morgan fingerprint density at radius 2 is 1.81 bits per heavy atom. The Hall–Kier alpha value is -3.42. The number of amides is 2. The molecule has 0 saturated carbocycles. The second-order valence-corrected chi connectivity index (χ2v) is 5.57. The normalized spacial score (nSPS) is 11.2. The van der Waals surface area contributed by atoms with Crippen LogP contribution in [-0.2, 0) is 20.7 Å². The molecule has 8 nitrogen and oxygen atoms in total. The lowest BCUT2D eigenvalue weighted by atomic mass is 10.1. The molecule has 1 aromatic carbocycles. The van der Waals surface area contributed by atoms with Crippen molar-refractivity contribution >= 4 is 17.8 Å². The second-order valence-electron chi connectivity index (χ2n) is 5.57. The minimum atomic E-state index is -0.936. The zero-order chi connectivity index (χ0) is 19.6. The van der Waals surface area contributed by atoms with E-state index in [9.17, 15) is 14.4 Å². The molecule has 27 heavy (non-hydrogen) atoms. The fraction of sp³-hybridized carbons (Fsp3) is 0.263. The van der Waals surface area contributed by atoms with Gasteiger partial charge in [0.15, 0.2) is 0 Å². The molecule has 0 spiro atoms. The van der Waals surface area contributed by atoms with Crippen LogP contribution in [0.25, 0.3) is 0 Å². The smallest absolute Gasteiger partial charge is 0.328 e. The summed E-state index contributed by atoms with van der Waals surface area (Å²) in [6.07, 6.45) is 1.70. The van der Waals surface area contributed by atoms with Crippen LogP contribution in [0.4, 0.5) is 0 Å². The number of hydrogen-bond acceptors (Lipinski definition) is 6. The van der Waals surface area contributed by atoms with Gasteiger partial charge in [-0.25, -0.2) is 9.78 Å². The molecule has 2 rings (SSSR count). The van der Waals surface area contributed by atoms with Gasteiger partial charge in [-0.05, 0) is 18.2 Å². The molecule has 0 unspecified atom stereocenters. The Kier molecular flexibility index (Phi) is 7.30. The Balaban J connectivity index is 1.98. The van der Waals surface area contributed by atoms with Gasteiger partial charge in [0.2, 0.25) is 11.8 Å². The Bertz CT molecular complexity index is 795. The summed E-state index contributed by atoms with van der Waals surface area (Å²) in [6, 6.07) is 11.0. The topological polar surface area (TPSA) is 107 Å². The van der Waals surface area contributed by atoms with Crippen molar-refractivity contribution in [1.29, 1.82) is 0 Å². The Morgan fingerprint density at radius 3 is 2.48 bits per heavy atom. The van der Waals surface area contributed by atoms with E-state index in [4.69, 9.17) is 9.47 Å². The molecule has 1 aromatic heterocycles. The third-order valence-electron chi connectivity index (χ3n) is 3.73. The quantitative estimate of drug-likeness (QED) is 0.662. The van der Waals surface area contributed by atoms with Crippen molar-refractivity contribution in [2.24, 2.45) is 0 Å². The lowest BCUT2D eigenvalue weighted by molar-refractivity contribution is -0.144. The number of carbonyl (C=O) groups is 3. The van der Waals surface area contributed by atoms with Gasteiger partial charge in [0.1, 0.15) is 6.04 Å². The van der Waals surface area contributed by atoms with E-state index in [-0.39, 0.29) is 18.9 Å². The number of carbonyl (C=O) groups excluding carboxylic acids is 3. The number of pyridine rings is 1. The number of aromatic nitrogens is 1. The van der Waals surface area contributed by atoms with Crippen LogP contribution in [0, 0.1) is 0 Å². The maximum absolute atomic E-state index is 12.2. The number of nitrogens with zero attached hydrogens (tertiary/aromatic N) is 1.